The van der Waals surface area contributed by atoms with E-state index in [-0.39, 0.29) is 5.91 Å². The molecule has 24 heavy (non-hydrogen) atoms. The molecule has 2 aromatic rings. The van der Waals surface area contributed by atoms with Crippen molar-refractivity contribution in [1.29, 1.82) is 0 Å². The molecule has 0 aliphatic carbocycles. The number of aryl methyl sites for hydroxylation is 1. The number of carbonyl (C=O) groups is 2. The summed E-state index contributed by atoms with van der Waals surface area (Å²) in [5, 5.41) is 9.82. The molecule has 1 aliphatic heterocycles. The fraction of sp³-hybridized carbons (Fsp3) is 0.300. The zero-order valence-corrected chi connectivity index (χ0v) is 13.7. The molecule has 0 spiro atoms. The van der Waals surface area contributed by atoms with E-state index < -0.39 is 11.4 Å². The first-order valence-corrected chi connectivity index (χ1v) is 8.18. The predicted molar refractivity (Wildman–Crippen MR) is 92.1 cm³/mol. The summed E-state index contributed by atoms with van der Waals surface area (Å²) >= 11 is 0. The predicted octanol–water partition coefficient (Wildman–Crippen LogP) is 3.25. The zero-order chi connectivity index (χ0) is 17.2. The number of likely N-dealkylation sites (tertiary alicyclic amines) is 1. The Morgan fingerprint density at radius 2 is 1.67 bits per heavy atom. The Bertz CT molecular complexity index is 746. The summed E-state index contributed by atoms with van der Waals surface area (Å²) < 4.78 is 0. The number of hydrogen-bond donors (Lipinski definition) is 1. The molecule has 1 amide bonds. The summed E-state index contributed by atoms with van der Waals surface area (Å²) in [7, 11) is 0. The minimum Gasteiger partial charge on any atom is -0.481 e. The van der Waals surface area contributed by atoms with Crippen molar-refractivity contribution in [2.24, 2.45) is 0 Å². The number of benzene rings is 2. The molecule has 0 saturated carbocycles. The number of nitrogens with zero attached hydrogens (tertiary/aromatic N) is 1. The van der Waals surface area contributed by atoms with Crippen LogP contribution in [0.4, 0.5) is 0 Å². The molecule has 1 aliphatic rings. The Hall–Kier alpha value is -2.62. The topological polar surface area (TPSA) is 57.6 Å². The smallest absolute Gasteiger partial charge is 0.314 e. The van der Waals surface area contributed by atoms with Crippen molar-refractivity contribution >= 4 is 11.9 Å². The van der Waals surface area contributed by atoms with Gasteiger partial charge < -0.3 is 10.0 Å². The van der Waals surface area contributed by atoms with Gasteiger partial charge in [0, 0.05) is 18.7 Å². The fourth-order valence-corrected chi connectivity index (χ4v) is 3.44. The van der Waals surface area contributed by atoms with Gasteiger partial charge in [0.05, 0.1) is 5.41 Å². The molecule has 3 rings (SSSR count). The lowest BCUT2D eigenvalue weighted by atomic mass is 9.72. The largest absolute Gasteiger partial charge is 0.481 e. The van der Waals surface area contributed by atoms with Gasteiger partial charge in [-0.25, -0.2) is 0 Å². The van der Waals surface area contributed by atoms with E-state index in [0.717, 1.165) is 11.1 Å². The Labute approximate surface area is 141 Å². The number of carboxylic acids is 1. The summed E-state index contributed by atoms with van der Waals surface area (Å²) in [5.41, 5.74) is 1.63. The van der Waals surface area contributed by atoms with Crippen molar-refractivity contribution in [2.75, 3.05) is 13.1 Å². The van der Waals surface area contributed by atoms with E-state index >= 15 is 0 Å². The van der Waals surface area contributed by atoms with Crippen molar-refractivity contribution in [3.8, 4) is 0 Å². The average Bonchev–Trinajstić information content (AvgIpc) is 2.62. The fourth-order valence-electron chi connectivity index (χ4n) is 3.44. The summed E-state index contributed by atoms with van der Waals surface area (Å²) in [4.78, 5) is 26.4. The second-order valence-corrected chi connectivity index (χ2v) is 6.41. The lowest BCUT2D eigenvalue weighted by molar-refractivity contribution is -0.145. The third kappa shape index (κ3) is 2.92. The standard InChI is InChI=1S/C20H21NO3/c1-15-6-5-7-16(14-15)18(22)21-12-10-20(11-13-21,19(23)24)17-8-3-2-4-9-17/h2-9,14H,10-13H2,1H3,(H,23,24). The van der Waals surface area contributed by atoms with Crippen molar-refractivity contribution in [3.05, 3.63) is 71.3 Å². The second kappa shape index (κ2) is 6.48. The molecule has 0 radical (unpaired) electrons. The monoisotopic (exact) mass is 323 g/mol. The Morgan fingerprint density at radius 3 is 2.25 bits per heavy atom. The maximum absolute atomic E-state index is 12.6. The molecule has 1 saturated heterocycles. The van der Waals surface area contributed by atoms with Gasteiger partial charge in [-0.05, 0) is 37.5 Å². The maximum Gasteiger partial charge on any atom is 0.314 e. The van der Waals surface area contributed by atoms with E-state index in [1.165, 1.54) is 0 Å². The van der Waals surface area contributed by atoms with Crippen LogP contribution in [-0.2, 0) is 10.2 Å². The van der Waals surface area contributed by atoms with E-state index in [1.807, 2.05) is 61.5 Å². The molecular weight excluding hydrogens is 302 g/mol. The molecule has 1 heterocycles. The molecule has 124 valence electrons. The van der Waals surface area contributed by atoms with Gasteiger partial charge in [-0.1, -0.05) is 48.0 Å². The van der Waals surface area contributed by atoms with Gasteiger partial charge >= 0.3 is 5.97 Å². The Kier molecular flexibility index (Phi) is 4.38. The first-order valence-electron chi connectivity index (χ1n) is 8.18. The summed E-state index contributed by atoms with van der Waals surface area (Å²) in [6.45, 7) is 2.86. The van der Waals surface area contributed by atoms with Crippen molar-refractivity contribution in [1.82, 2.24) is 4.90 Å². The van der Waals surface area contributed by atoms with E-state index in [9.17, 15) is 14.7 Å². The number of carboxylic acid groups (broad SMARTS) is 1. The van der Waals surface area contributed by atoms with E-state index in [2.05, 4.69) is 0 Å². The minimum absolute atomic E-state index is 0.0225. The average molecular weight is 323 g/mol. The van der Waals surface area contributed by atoms with Gasteiger partial charge in [-0.3, -0.25) is 9.59 Å². The third-order valence-corrected chi connectivity index (χ3v) is 4.90. The number of hydrogen-bond acceptors (Lipinski definition) is 2. The first kappa shape index (κ1) is 16.2. The highest BCUT2D eigenvalue weighted by molar-refractivity contribution is 5.94. The van der Waals surface area contributed by atoms with Crippen LogP contribution >= 0.6 is 0 Å². The van der Waals surface area contributed by atoms with Crippen LogP contribution in [0.1, 0.15) is 34.3 Å². The number of amides is 1. The van der Waals surface area contributed by atoms with Crippen LogP contribution in [0, 0.1) is 6.92 Å². The van der Waals surface area contributed by atoms with Crippen LogP contribution in [0.3, 0.4) is 0 Å². The van der Waals surface area contributed by atoms with E-state index in [1.54, 1.807) is 4.90 Å². The normalized spacial score (nSPS) is 16.6. The summed E-state index contributed by atoms with van der Waals surface area (Å²) in [5.74, 6) is -0.831. The van der Waals surface area contributed by atoms with Crippen LogP contribution in [0.15, 0.2) is 54.6 Å². The van der Waals surface area contributed by atoms with Gasteiger partial charge in [0.25, 0.3) is 5.91 Å². The minimum atomic E-state index is -0.898. The molecule has 0 unspecified atom stereocenters. The van der Waals surface area contributed by atoms with Crippen LogP contribution in [-0.4, -0.2) is 35.0 Å². The van der Waals surface area contributed by atoms with Gasteiger partial charge in [0.15, 0.2) is 0 Å². The quantitative estimate of drug-likeness (QED) is 0.943. The van der Waals surface area contributed by atoms with Crippen LogP contribution in [0.2, 0.25) is 0 Å². The van der Waals surface area contributed by atoms with Gasteiger partial charge in [0.1, 0.15) is 0 Å². The molecule has 0 bridgehead atoms. The van der Waals surface area contributed by atoms with E-state index in [4.69, 9.17) is 0 Å². The maximum atomic E-state index is 12.6. The third-order valence-electron chi connectivity index (χ3n) is 4.90. The lowest BCUT2D eigenvalue weighted by Gasteiger charge is -2.39. The zero-order valence-electron chi connectivity index (χ0n) is 13.7. The molecular formula is C20H21NO3. The van der Waals surface area contributed by atoms with Gasteiger partial charge in [-0.2, -0.15) is 0 Å². The number of piperidine rings is 1. The molecule has 1 fully saturated rings. The highest BCUT2D eigenvalue weighted by Gasteiger charge is 2.43. The molecule has 1 N–H and O–H groups in total. The van der Waals surface area contributed by atoms with Crippen molar-refractivity contribution in [2.45, 2.75) is 25.2 Å². The Morgan fingerprint density at radius 1 is 1.00 bits per heavy atom. The molecule has 0 atom stereocenters. The van der Waals surface area contributed by atoms with Crippen LogP contribution < -0.4 is 0 Å². The second-order valence-electron chi connectivity index (χ2n) is 6.41. The SMILES string of the molecule is Cc1cccc(C(=O)N2CCC(C(=O)O)(c3ccccc3)CC2)c1. The number of rotatable bonds is 3. The first-order chi connectivity index (χ1) is 11.5. The highest BCUT2D eigenvalue weighted by atomic mass is 16.4. The van der Waals surface area contributed by atoms with Gasteiger partial charge in [0.2, 0.25) is 0 Å². The number of carbonyl (C=O) groups excluding carboxylic acids is 1. The lowest BCUT2D eigenvalue weighted by Crippen LogP contribution is -2.49. The summed E-state index contributed by atoms with van der Waals surface area (Å²) in [6, 6.07) is 16.9. The van der Waals surface area contributed by atoms with E-state index in [0.29, 0.717) is 31.5 Å². The molecule has 4 nitrogen and oxygen atoms in total. The van der Waals surface area contributed by atoms with Gasteiger partial charge in [-0.15, -0.1) is 0 Å². The molecule has 2 aromatic carbocycles. The summed E-state index contributed by atoms with van der Waals surface area (Å²) in [6.07, 6.45) is 0.869. The van der Waals surface area contributed by atoms with Crippen LogP contribution in [0.25, 0.3) is 0 Å². The van der Waals surface area contributed by atoms with Crippen molar-refractivity contribution in [3.63, 3.8) is 0 Å². The Balaban J connectivity index is 1.79. The highest BCUT2D eigenvalue weighted by Crippen LogP contribution is 2.36. The van der Waals surface area contributed by atoms with Crippen LogP contribution in [0.5, 0.6) is 0 Å². The molecule has 4 heteroatoms. The molecule has 0 aromatic heterocycles. The van der Waals surface area contributed by atoms with Crippen molar-refractivity contribution < 1.29 is 14.7 Å². The number of aliphatic carboxylic acids is 1.